The van der Waals surface area contributed by atoms with E-state index in [1.54, 1.807) is 6.07 Å². The van der Waals surface area contributed by atoms with Crippen molar-refractivity contribution in [3.05, 3.63) is 35.4 Å². The van der Waals surface area contributed by atoms with E-state index in [0.29, 0.717) is 18.1 Å². The number of aliphatic imine (C=N–C) groups is 1. The number of nitrogens with zero attached hydrogens (tertiary/aromatic N) is 3. The minimum absolute atomic E-state index is 0.188. The van der Waals surface area contributed by atoms with Crippen LogP contribution >= 0.6 is 0 Å². The monoisotopic (exact) mass is 244 g/mol. The molecule has 0 atom stereocenters. The standard InChI is InChI=1S/C14H20N4/c1-14(2,3)17-13(16)18(4)10-12-7-5-6-11(8-12)9-15/h5-8H,10H2,1-4H3,(H2,16,17). The van der Waals surface area contributed by atoms with E-state index >= 15 is 0 Å². The Morgan fingerprint density at radius 3 is 2.67 bits per heavy atom. The Balaban J connectivity index is 2.79. The van der Waals surface area contributed by atoms with Gasteiger partial charge in [-0.15, -0.1) is 0 Å². The van der Waals surface area contributed by atoms with Gasteiger partial charge in [-0.3, -0.25) is 0 Å². The molecule has 1 rings (SSSR count). The lowest BCUT2D eigenvalue weighted by molar-refractivity contribution is 0.474. The Labute approximate surface area is 109 Å². The molecule has 0 radical (unpaired) electrons. The summed E-state index contributed by atoms with van der Waals surface area (Å²) < 4.78 is 0. The van der Waals surface area contributed by atoms with Crippen LogP contribution in [0.25, 0.3) is 0 Å². The van der Waals surface area contributed by atoms with Crippen molar-refractivity contribution in [1.82, 2.24) is 4.90 Å². The zero-order chi connectivity index (χ0) is 13.8. The SMILES string of the molecule is CN(Cc1cccc(C#N)c1)C(N)=NC(C)(C)C. The second kappa shape index (κ2) is 5.54. The van der Waals surface area contributed by atoms with Crippen LogP contribution in [0, 0.1) is 11.3 Å². The van der Waals surface area contributed by atoms with Gasteiger partial charge in [-0.2, -0.15) is 5.26 Å². The molecule has 1 aromatic rings. The average molecular weight is 244 g/mol. The van der Waals surface area contributed by atoms with E-state index in [4.69, 9.17) is 11.0 Å². The van der Waals surface area contributed by atoms with Crippen molar-refractivity contribution in [1.29, 1.82) is 5.26 Å². The summed E-state index contributed by atoms with van der Waals surface area (Å²) in [5.74, 6) is 0.505. The highest BCUT2D eigenvalue weighted by Gasteiger charge is 2.11. The lowest BCUT2D eigenvalue weighted by Gasteiger charge is -2.22. The zero-order valence-electron chi connectivity index (χ0n) is 11.4. The van der Waals surface area contributed by atoms with Gasteiger partial charge in [0.25, 0.3) is 0 Å². The molecule has 2 N–H and O–H groups in total. The van der Waals surface area contributed by atoms with Crippen molar-refractivity contribution in [3.63, 3.8) is 0 Å². The van der Waals surface area contributed by atoms with Crippen LogP contribution in [0.1, 0.15) is 31.9 Å². The molecule has 0 amide bonds. The van der Waals surface area contributed by atoms with Gasteiger partial charge in [0.2, 0.25) is 0 Å². The quantitative estimate of drug-likeness (QED) is 0.640. The first-order chi connectivity index (χ1) is 8.31. The van der Waals surface area contributed by atoms with Crippen LogP contribution in [0.2, 0.25) is 0 Å². The third-order valence-electron chi connectivity index (χ3n) is 2.32. The number of guanidine groups is 1. The number of nitrogens with two attached hydrogens (primary N) is 1. The summed E-state index contributed by atoms with van der Waals surface area (Å²) >= 11 is 0. The molecule has 0 spiro atoms. The lowest BCUT2D eigenvalue weighted by Crippen LogP contribution is -2.35. The summed E-state index contributed by atoms with van der Waals surface area (Å²) in [4.78, 5) is 6.28. The van der Waals surface area contributed by atoms with E-state index in [-0.39, 0.29) is 5.54 Å². The highest BCUT2D eigenvalue weighted by Crippen LogP contribution is 2.09. The zero-order valence-corrected chi connectivity index (χ0v) is 11.4. The van der Waals surface area contributed by atoms with Gasteiger partial charge in [0, 0.05) is 13.6 Å². The highest BCUT2D eigenvalue weighted by atomic mass is 15.2. The van der Waals surface area contributed by atoms with Gasteiger partial charge in [-0.1, -0.05) is 12.1 Å². The Morgan fingerprint density at radius 1 is 1.44 bits per heavy atom. The number of nitriles is 1. The first-order valence-corrected chi connectivity index (χ1v) is 5.87. The topological polar surface area (TPSA) is 65.4 Å². The largest absolute Gasteiger partial charge is 0.370 e. The fourth-order valence-corrected chi connectivity index (χ4v) is 1.52. The van der Waals surface area contributed by atoms with Crippen molar-refractivity contribution in [2.75, 3.05) is 7.05 Å². The third-order valence-corrected chi connectivity index (χ3v) is 2.32. The lowest BCUT2D eigenvalue weighted by atomic mass is 10.1. The maximum atomic E-state index is 8.85. The van der Waals surface area contributed by atoms with Crippen LogP contribution in [-0.4, -0.2) is 23.4 Å². The molecule has 0 bridgehead atoms. The van der Waals surface area contributed by atoms with E-state index in [1.807, 2.05) is 50.9 Å². The van der Waals surface area contributed by atoms with Gasteiger partial charge in [0.15, 0.2) is 5.96 Å². The molecule has 0 saturated heterocycles. The first-order valence-electron chi connectivity index (χ1n) is 5.87. The Kier molecular flexibility index (Phi) is 4.33. The van der Waals surface area contributed by atoms with Crippen molar-refractivity contribution in [3.8, 4) is 6.07 Å². The maximum absolute atomic E-state index is 8.85. The summed E-state index contributed by atoms with van der Waals surface area (Å²) in [6.45, 7) is 6.65. The molecular weight excluding hydrogens is 224 g/mol. The molecule has 0 fully saturated rings. The molecule has 0 unspecified atom stereocenters. The van der Waals surface area contributed by atoms with Gasteiger partial charge >= 0.3 is 0 Å². The van der Waals surface area contributed by atoms with E-state index in [2.05, 4.69) is 11.1 Å². The van der Waals surface area contributed by atoms with E-state index < -0.39 is 0 Å². The predicted molar refractivity (Wildman–Crippen MR) is 74.0 cm³/mol. The molecule has 0 aromatic heterocycles. The second-order valence-corrected chi connectivity index (χ2v) is 5.31. The molecule has 0 aliphatic carbocycles. The molecule has 4 nitrogen and oxygen atoms in total. The van der Waals surface area contributed by atoms with Gasteiger partial charge < -0.3 is 10.6 Å². The first kappa shape index (κ1) is 14.0. The third kappa shape index (κ3) is 4.46. The Morgan fingerprint density at radius 2 is 2.11 bits per heavy atom. The van der Waals surface area contributed by atoms with Crippen LogP contribution in [0.15, 0.2) is 29.3 Å². The summed E-state index contributed by atoms with van der Waals surface area (Å²) in [6, 6.07) is 9.63. The number of benzene rings is 1. The van der Waals surface area contributed by atoms with Crippen LogP contribution in [0.5, 0.6) is 0 Å². The minimum Gasteiger partial charge on any atom is -0.370 e. The fraction of sp³-hybridized carbons (Fsp3) is 0.429. The summed E-state index contributed by atoms with van der Waals surface area (Å²) in [5.41, 5.74) is 7.45. The molecule has 0 heterocycles. The smallest absolute Gasteiger partial charge is 0.191 e. The molecule has 0 saturated carbocycles. The minimum atomic E-state index is -0.188. The van der Waals surface area contributed by atoms with Gasteiger partial charge in [0.1, 0.15) is 0 Å². The van der Waals surface area contributed by atoms with Gasteiger partial charge in [-0.25, -0.2) is 4.99 Å². The number of hydrogen-bond acceptors (Lipinski definition) is 2. The van der Waals surface area contributed by atoms with Crippen LogP contribution in [0.4, 0.5) is 0 Å². The molecule has 1 aromatic carbocycles. The Bertz CT molecular complexity index is 477. The van der Waals surface area contributed by atoms with Crippen LogP contribution in [0.3, 0.4) is 0 Å². The second-order valence-electron chi connectivity index (χ2n) is 5.31. The molecule has 4 heteroatoms. The van der Waals surface area contributed by atoms with Gasteiger partial charge in [-0.05, 0) is 38.5 Å². The fourth-order valence-electron chi connectivity index (χ4n) is 1.52. The summed E-state index contributed by atoms with van der Waals surface area (Å²) in [7, 11) is 1.89. The van der Waals surface area contributed by atoms with E-state index in [0.717, 1.165) is 5.56 Å². The number of rotatable bonds is 2. The molecule has 0 aliphatic heterocycles. The van der Waals surface area contributed by atoms with Crippen molar-refractivity contribution in [2.45, 2.75) is 32.9 Å². The molecule has 96 valence electrons. The summed E-state index contributed by atoms with van der Waals surface area (Å²) in [5, 5.41) is 8.85. The van der Waals surface area contributed by atoms with Crippen LogP contribution in [-0.2, 0) is 6.54 Å². The Hall–Kier alpha value is -2.02. The van der Waals surface area contributed by atoms with E-state index in [9.17, 15) is 0 Å². The van der Waals surface area contributed by atoms with E-state index in [1.165, 1.54) is 0 Å². The molecule has 18 heavy (non-hydrogen) atoms. The van der Waals surface area contributed by atoms with Crippen LogP contribution < -0.4 is 5.73 Å². The van der Waals surface area contributed by atoms with Gasteiger partial charge in [0.05, 0.1) is 17.2 Å². The van der Waals surface area contributed by atoms with Crippen molar-refractivity contribution >= 4 is 5.96 Å². The van der Waals surface area contributed by atoms with Crippen molar-refractivity contribution in [2.24, 2.45) is 10.7 Å². The number of hydrogen-bond donors (Lipinski definition) is 1. The summed E-state index contributed by atoms with van der Waals surface area (Å²) in [6.07, 6.45) is 0. The molecule has 0 aliphatic rings. The maximum Gasteiger partial charge on any atom is 0.191 e. The normalized spacial score (nSPS) is 12.1. The average Bonchev–Trinajstić information content (AvgIpc) is 2.27. The van der Waals surface area contributed by atoms with Crippen molar-refractivity contribution < 1.29 is 0 Å². The predicted octanol–water partition coefficient (Wildman–Crippen LogP) is 2.10. The highest BCUT2D eigenvalue weighted by molar-refractivity contribution is 5.78. The molecular formula is C14H20N4.